The average Bonchev–Trinajstić information content (AvgIpc) is 2.33. The third kappa shape index (κ3) is 4.82. The number of hydrogen-bond acceptors (Lipinski definition) is 5. The minimum absolute atomic E-state index is 0.00563. The first kappa shape index (κ1) is 15.4. The molecule has 0 saturated carbocycles. The summed E-state index contributed by atoms with van der Waals surface area (Å²) in [7, 11) is 0. The van der Waals surface area contributed by atoms with Gasteiger partial charge in [-0.25, -0.2) is 14.8 Å². The van der Waals surface area contributed by atoms with Gasteiger partial charge in [0.1, 0.15) is 0 Å². The molecule has 1 atom stereocenters. The maximum atomic E-state index is 11.0. The summed E-state index contributed by atoms with van der Waals surface area (Å²) in [6, 6.07) is 1.49. The summed E-state index contributed by atoms with van der Waals surface area (Å²) in [6.07, 6.45) is 0. The first-order valence-electron chi connectivity index (χ1n) is 6.37. The van der Waals surface area contributed by atoms with Crippen LogP contribution in [0.4, 0.5) is 5.95 Å². The fraction of sp³-hybridized carbons (Fsp3) is 0.615. The van der Waals surface area contributed by atoms with E-state index in [1.807, 2.05) is 6.92 Å². The molecule has 1 aromatic heterocycles. The number of nitrogens with zero attached hydrogens (tertiary/aromatic N) is 2. The van der Waals surface area contributed by atoms with Crippen LogP contribution >= 0.6 is 0 Å². The third-order valence-electron chi connectivity index (χ3n) is 2.69. The van der Waals surface area contributed by atoms with Gasteiger partial charge < -0.3 is 15.2 Å². The van der Waals surface area contributed by atoms with Crippen LogP contribution in [-0.4, -0.2) is 40.3 Å². The second-order valence-corrected chi connectivity index (χ2v) is 4.68. The Labute approximate surface area is 113 Å². The highest BCUT2D eigenvalue weighted by atomic mass is 16.5. The third-order valence-corrected chi connectivity index (χ3v) is 2.69. The Balaban J connectivity index is 2.86. The number of carbonyl (C=O) groups is 1. The molecule has 0 aliphatic heterocycles. The first-order chi connectivity index (χ1) is 8.93. The standard InChI is InChI=1S/C13H21N3O3/c1-5-19-7-11(8(2)3)16-13-14-9(4)6-10(15-13)12(17)18/h6,8,11H,5,7H2,1-4H3,(H,17,18)(H,14,15,16). The van der Waals surface area contributed by atoms with E-state index >= 15 is 0 Å². The van der Waals surface area contributed by atoms with Crippen LogP contribution < -0.4 is 5.32 Å². The maximum Gasteiger partial charge on any atom is 0.354 e. The molecule has 0 bridgehead atoms. The Kier molecular flexibility index (Phi) is 5.69. The molecule has 1 rings (SSSR count). The van der Waals surface area contributed by atoms with Crippen LogP contribution in [0.2, 0.25) is 0 Å². The molecule has 0 fully saturated rings. The molecule has 1 heterocycles. The number of aryl methyl sites for hydroxylation is 1. The predicted molar refractivity (Wildman–Crippen MR) is 72.5 cm³/mol. The van der Waals surface area contributed by atoms with Gasteiger partial charge in [-0.3, -0.25) is 0 Å². The van der Waals surface area contributed by atoms with E-state index in [2.05, 4.69) is 29.1 Å². The topological polar surface area (TPSA) is 84.3 Å². The van der Waals surface area contributed by atoms with Gasteiger partial charge in [-0.05, 0) is 25.8 Å². The smallest absolute Gasteiger partial charge is 0.354 e. The van der Waals surface area contributed by atoms with Crippen LogP contribution in [0.1, 0.15) is 37.0 Å². The van der Waals surface area contributed by atoms with E-state index in [9.17, 15) is 4.79 Å². The number of carboxylic acid groups (broad SMARTS) is 1. The summed E-state index contributed by atoms with van der Waals surface area (Å²) in [4.78, 5) is 19.1. The van der Waals surface area contributed by atoms with Crippen molar-refractivity contribution in [2.45, 2.75) is 33.7 Å². The Morgan fingerprint density at radius 1 is 1.47 bits per heavy atom. The van der Waals surface area contributed by atoms with Crippen molar-refractivity contribution < 1.29 is 14.6 Å². The Hall–Kier alpha value is -1.69. The van der Waals surface area contributed by atoms with Crippen molar-refractivity contribution in [3.05, 3.63) is 17.5 Å². The summed E-state index contributed by atoms with van der Waals surface area (Å²) in [5, 5.41) is 12.1. The molecule has 1 unspecified atom stereocenters. The quantitative estimate of drug-likeness (QED) is 0.785. The summed E-state index contributed by atoms with van der Waals surface area (Å²) in [5.74, 6) is -0.404. The lowest BCUT2D eigenvalue weighted by Gasteiger charge is -2.22. The van der Waals surface area contributed by atoms with Gasteiger partial charge in [0.05, 0.1) is 12.6 Å². The van der Waals surface area contributed by atoms with Crippen LogP contribution in [0.5, 0.6) is 0 Å². The Bertz CT molecular complexity index is 435. The van der Waals surface area contributed by atoms with Crippen molar-refractivity contribution in [3.8, 4) is 0 Å². The lowest BCUT2D eigenvalue weighted by Crippen LogP contribution is -2.32. The van der Waals surface area contributed by atoms with Crippen LogP contribution in [0.25, 0.3) is 0 Å². The monoisotopic (exact) mass is 267 g/mol. The van der Waals surface area contributed by atoms with Crippen LogP contribution in [0.15, 0.2) is 6.07 Å². The van der Waals surface area contributed by atoms with Crippen LogP contribution in [0.3, 0.4) is 0 Å². The number of carboxylic acids is 1. The van der Waals surface area contributed by atoms with E-state index in [0.29, 0.717) is 30.8 Å². The minimum atomic E-state index is -1.06. The number of ether oxygens (including phenoxy) is 1. The number of aromatic carboxylic acids is 1. The van der Waals surface area contributed by atoms with E-state index in [-0.39, 0.29) is 11.7 Å². The number of rotatable bonds is 7. The predicted octanol–water partition coefficient (Wildman–Crippen LogP) is 1.96. The number of nitrogens with one attached hydrogen (secondary N) is 1. The van der Waals surface area contributed by atoms with Crippen molar-refractivity contribution in [1.29, 1.82) is 0 Å². The average molecular weight is 267 g/mol. The molecule has 106 valence electrons. The molecular formula is C13H21N3O3. The highest BCUT2D eigenvalue weighted by Gasteiger charge is 2.16. The van der Waals surface area contributed by atoms with E-state index in [1.54, 1.807) is 6.92 Å². The first-order valence-corrected chi connectivity index (χ1v) is 6.37. The normalized spacial score (nSPS) is 12.5. The fourth-order valence-corrected chi connectivity index (χ4v) is 1.55. The molecule has 19 heavy (non-hydrogen) atoms. The van der Waals surface area contributed by atoms with E-state index in [1.165, 1.54) is 6.07 Å². The zero-order chi connectivity index (χ0) is 14.4. The number of anilines is 1. The van der Waals surface area contributed by atoms with Gasteiger partial charge in [-0.1, -0.05) is 13.8 Å². The van der Waals surface area contributed by atoms with Crippen molar-refractivity contribution in [2.24, 2.45) is 5.92 Å². The molecule has 1 aromatic rings. The molecule has 0 aliphatic rings. The molecule has 0 aromatic carbocycles. The Morgan fingerprint density at radius 2 is 2.16 bits per heavy atom. The highest BCUT2D eigenvalue weighted by Crippen LogP contribution is 2.11. The SMILES string of the molecule is CCOCC(Nc1nc(C)cc(C(=O)O)n1)C(C)C. The molecule has 0 radical (unpaired) electrons. The van der Waals surface area contributed by atoms with E-state index < -0.39 is 5.97 Å². The summed E-state index contributed by atoms with van der Waals surface area (Å²) >= 11 is 0. The minimum Gasteiger partial charge on any atom is -0.477 e. The van der Waals surface area contributed by atoms with E-state index in [4.69, 9.17) is 9.84 Å². The van der Waals surface area contributed by atoms with Crippen LogP contribution in [-0.2, 0) is 4.74 Å². The number of aromatic nitrogens is 2. The maximum absolute atomic E-state index is 11.0. The largest absolute Gasteiger partial charge is 0.477 e. The summed E-state index contributed by atoms with van der Waals surface area (Å²) < 4.78 is 5.40. The van der Waals surface area contributed by atoms with Gasteiger partial charge in [0.15, 0.2) is 5.69 Å². The molecule has 0 saturated heterocycles. The van der Waals surface area contributed by atoms with Gasteiger partial charge in [0, 0.05) is 12.3 Å². The number of hydrogen-bond donors (Lipinski definition) is 2. The zero-order valence-corrected chi connectivity index (χ0v) is 11.8. The molecule has 0 aliphatic carbocycles. The van der Waals surface area contributed by atoms with Crippen molar-refractivity contribution in [3.63, 3.8) is 0 Å². The van der Waals surface area contributed by atoms with Crippen LogP contribution in [0, 0.1) is 12.8 Å². The second-order valence-electron chi connectivity index (χ2n) is 4.68. The lowest BCUT2D eigenvalue weighted by atomic mass is 10.1. The molecule has 0 spiro atoms. The molecule has 0 amide bonds. The van der Waals surface area contributed by atoms with Gasteiger partial charge in [-0.15, -0.1) is 0 Å². The summed E-state index contributed by atoms with van der Waals surface area (Å²) in [6.45, 7) is 8.97. The van der Waals surface area contributed by atoms with E-state index in [0.717, 1.165) is 0 Å². The molecule has 2 N–H and O–H groups in total. The summed E-state index contributed by atoms with van der Waals surface area (Å²) in [5.41, 5.74) is 0.614. The van der Waals surface area contributed by atoms with Crippen molar-refractivity contribution in [2.75, 3.05) is 18.5 Å². The molecular weight excluding hydrogens is 246 g/mol. The van der Waals surface area contributed by atoms with Gasteiger partial charge in [0.2, 0.25) is 5.95 Å². The van der Waals surface area contributed by atoms with Gasteiger partial charge in [-0.2, -0.15) is 0 Å². The zero-order valence-electron chi connectivity index (χ0n) is 11.8. The van der Waals surface area contributed by atoms with Crippen molar-refractivity contribution >= 4 is 11.9 Å². The van der Waals surface area contributed by atoms with Crippen molar-refractivity contribution in [1.82, 2.24) is 9.97 Å². The molecule has 6 heteroatoms. The van der Waals surface area contributed by atoms with Gasteiger partial charge in [0.25, 0.3) is 0 Å². The Morgan fingerprint density at radius 3 is 2.68 bits per heavy atom. The highest BCUT2D eigenvalue weighted by molar-refractivity contribution is 5.85. The molecule has 6 nitrogen and oxygen atoms in total. The fourth-order valence-electron chi connectivity index (χ4n) is 1.55. The lowest BCUT2D eigenvalue weighted by molar-refractivity contribution is 0.0690. The second kappa shape index (κ2) is 7.04. The van der Waals surface area contributed by atoms with Gasteiger partial charge >= 0.3 is 5.97 Å².